The summed E-state index contributed by atoms with van der Waals surface area (Å²) in [6.07, 6.45) is 3.17. The molecule has 1 rings (SSSR count). The molecule has 92 valence electrons. The lowest BCUT2D eigenvalue weighted by molar-refractivity contribution is -0.138. The highest BCUT2D eigenvalue weighted by molar-refractivity contribution is 5.96. The number of carbonyl (C=O) groups excluding carboxylic acids is 2. The average Bonchev–Trinajstić information content (AvgIpc) is 2.26. The number of nitrogens with zero attached hydrogens (tertiary/aromatic N) is 1. The molecule has 0 aliphatic carbocycles. The van der Waals surface area contributed by atoms with Gasteiger partial charge in [-0.25, -0.2) is 0 Å². The van der Waals surface area contributed by atoms with Gasteiger partial charge in [0, 0.05) is 19.7 Å². The maximum atomic E-state index is 11.7. The summed E-state index contributed by atoms with van der Waals surface area (Å²) in [4.78, 5) is 24.3. The largest absolute Gasteiger partial charge is 0.376 e. The van der Waals surface area contributed by atoms with E-state index in [0.717, 1.165) is 32.4 Å². The Hall–Kier alpha value is -0.900. The number of hydrogen-bond donors (Lipinski definition) is 0. The van der Waals surface area contributed by atoms with Crippen LogP contribution >= 0.6 is 0 Å². The Morgan fingerprint density at radius 2 is 2.19 bits per heavy atom. The first-order valence-corrected chi connectivity index (χ1v) is 6.02. The Morgan fingerprint density at radius 3 is 2.81 bits per heavy atom. The fraction of sp³-hybridized carbons (Fsp3) is 0.833. The zero-order valence-electron chi connectivity index (χ0n) is 10.2. The van der Waals surface area contributed by atoms with Crippen molar-refractivity contribution in [3.63, 3.8) is 0 Å². The second-order valence-electron chi connectivity index (χ2n) is 4.35. The van der Waals surface area contributed by atoms with Gasteiger partial charge >= 0.3 is 0 Å². The molecule has 1 fully saturated rings. The van der Waals surface area contributed by atoms with Gasteiger partial charge in [0.2, 0.25) is 5.91 Å². The van der Waals surface area contributed by atoms with E-state index in [2.05, 4.69) is 6.92 Å². The van der Waals surface area contributed by atoms with E-state index in [9.17, 15) is 9.59 Å². The van der Waals surface area contributed by atoms with E-state index in [1.54, 1.807) is 4.90 Å². The zero-order chi connectivity index (χ0) is 12.0. The molecule has 0 spiro atoms. The average molecular weight is 227 g/mol. The molecule has 1 heterocycles. The van der Waals surface area contributed by atoms with Crippen molar-refractivity contribution in [1.29, 1.82) is 0 Å². The normalized spacial score (nSPS) is 20.9. The van der Waals surface area contributed by atoms with E-state index in [-0.39, 0.29) is 24.2 Å². The minimum absolute atomic E-state index is 0.0283. The molecule has 0 radical (unpaired) electrons. The highest BCUT2D eigenvalue weighted by atomic mass is 16.5. The lowest BCUT2D eigenvalue weighted by Crippen LogP contribution is -2.43. The number of Topliss-reactive ketones (excluding diaryl/α,β-unsaturated/α-hetero) is 1. The number of ketones is 1. The summed E-state index contributed by atoms with van der Waals surface area (Å²) in [5, 5.41) is 0. The smallest absolute Gasteiger partial charge is 0.230 e. The minimum Gasteiger partial charge on any atom is -0.376 e. The van der Waals surface area contributed by atoms with Crippen molar-refractivity contribution in [2.75, 3.05) is 19.7 Å². The van der Waals surface area contributed by atoms with E-state index < -0.39 is 0 Å². The Kier molecular flexibility index (Phi) is 5.46. The number of carbonyl (C=O) groups is 2. The van der Waals surface area contributed by atoms with Crippen molar-refractivity contribution in [3.8, 4) is 0 Å². The molecule has 0 aromatic rings. The van der Waals surface area contributed by atoms with Gasteiger partial charge in [-0.2, -0.15) is 0 Å². The molecule has 0 N–H and O–H groups in total. The van der Waals surface area contributed by atoms with Crippen molar-refractivity contribution >= 4 is 11.7 Å². The third kappa shape index (κ3) is 4.31. The molecule has 4 nitrogen and oxygen atoms in total. The quantitative estimate of drug-likeness (QED) is 0.667. The number of likely N-dealkylation sites (tertiary alicyclic amines) is 1. The molecule has 1 aliphatic rings. The van der Waals surface area contributed by atoms with Crippen LogP contribution in [0, 0.1) is 0 Å². The van der Waals surface area contributed by atoms with Crippen molar-refractivity contribution in [2.45, 2.75) is 45.6 Å². The maximum absolute atomic E-state index is 11.7. The van der Waals surface area contributed by atoms with Crippen molar-refractivity contribution in [2.24, 2.45) is 0 Å². The van der Waals surface area contributed by atoms with Gasteiger partial charge in [0.25, 0.3) is 0 Å². The van der Waals surface area contributed by atoms with Crippen LogP contribution in [0.15, 0.2) is 0 Å². The summed E-state index contributed by atoms with van der Waals surface area (Å²) < 4.78 is 5.64. The molecule has 1 unspecified atom stereocenters. The summed E-state index contributed by atoms with van der Waals surface area (Å²) in [7, 11) is 0. The zero-order valence-corrected chi connectivity index (χ0v) is 10.2. The lowest BCUT2D eigenvalue weighted by Gasteiger charge is -2.32. The Labute approximate surface area is 96.9 Å². The molecule has 0 aromatic heterocycles. The molecule has 0 aromatic carbocycles. The summed E-state index contributed by atoms with van der Waals surface area (Å²) in [6, 6.07) is 0. The van der Waals surface area contributed by atoms with Gasteiger partial charge in [-0.3, -0.25) is 9.59 Å². The van der Waals surface area contributed by atoms with Gasteiger partial charge < -0.3 is 9.64 Å². The Bertz CT molecular complexity index is 253. The first-order chi connectivity index (χ1) is 7.63. The van der Waals surface area contributed by atoms with E-state index in [4.69, 9.17) is 4.74 Å². The van der Waals surface area contributed by atoms with Crippen LogP contribution in [0.1, 0.15) is 39.5 Å². The highest BCUT2D eigenvalue weighted by Crippen LogP contribution is 2.14. The summed E-state index contributed by atoms with van der Waals surface area (Å²) >= 11 is 0. The summed E-state index contributed by atoms with van der Waals surface area (Å²) in [6.45, 7) is 5.68. The summed E-state index contributed by atoms with van der Waals surface area (Å²) in [5.74, 6) is -0.126. The van der Waals surface area contributed by atoms with Crippen molar-refractivity contribution in [3.05, 3.63) is 0 Å². The second-order valence-corrected chi connectivity index (χ2v) is 4.35. The second kappa shape index (κ2) is 6.63. The van der Waals surface area contributed by atoms with Gasteiger partial charge in [0.1, 0.15) is 5.78 Å². The number of amides is 1. The molecule has 16 heavy (non-hydrogen) atoms. The molecule has 1 atom stereocenters. The molecule has 1 amide bonds. The van der Waals surface area contributed by atoms with Crippen LogP contribution in [0.2, 0.25) is 0 Å². The molecular weight excluding hydrogens is 206 g/mol. The monoisotopic (exact) mass is 227 g/mol. The number of piperidine rings is 1. The minimum atomic E-state index is -0.0680. The Balaban J connectivity index is 2.37. The van der Waals surface area contributed by atoms with Crippen molar-refractivity contribution < 1.29 is 14.3 Å². The third-order valence-corrected chi connectivity index (χ3v) is 2.69. The third-order valence-electron chi connectivity index (χ3n) is 2.69. The molecular formula is C12H21NO3. The number of rotatable bonds is 5. The molecule has 0 saturated carbocycles. The van der Waals surface area contributed by atoms with Crippen LogP contribution in [0.3, 0.4) is 0 Å². The van der Waals surface area contributed by atoms with E-state index >= 15 is 0 Å². The van der Waals surface area contributed by atoms with Gasteiger partial charge in [-0.15, -0.1) is 0 Å². The van der Waals surface area contributed by atoms with Gasteiger partial charge in [-0.1, -0.05) is 6.92 Å². The predicted molar refractivity (Wildman–Crippen MR) is 61.1 cm³/mol. The molecule has 1 aliphatic heterocycles. The van der Waals surface area contributed by atoms with Crippen LogP contribution in [0.25, 0.3) is 0 Å². The van der Waals surface area contributed by atoms with Gasteiger partial charge in [0.05, 0.1) is 12.5 Å². The van der Waals surface area contributed by atoms with Crippen LogP contribution in [-0.4, -0.2) is 42.4 Å². The SMILES string of the molecule is CCCOC1CCCN(C(=O)CC(C)=O)C1. The highest BCUT2D eigenvalue weighted by Gasteiger charge is 2.24. The fourth-order valence-corrected chi connectivity index (χ4v) is 1.91. The standard InChI is InChI=1S/C12H21NO3/c1-3-7-16-11-5-4-6-13(9-11)12(15)8-10(2)14/h11H,3-9H2,1-2H3. The molecule has 0 bridgehead atoms. The first-order valence-electron chi connectivity index (χ1n) is 6.02. The first kappa shape index (κ1) is 13.2. The lowest BCUT2D eigenvalue weighted by atomic mass is 10.1. The maximum Gasteiger partial charge on any atom is 0.230 e. The van der Waals surface area contributed by atoms with Gasteiger partial charge in [0.15, 0.2) is 0 Å². The molecule has 4 heteroatoms. The number of ether oxygens (including phenoxy) is 1. The predicted octanol–water partition coefficient (Wildman–Crippen LogP) is 1.38. The van der Waals surface area contributed by atoms with Crippen LogP contribution < -0.4 is 0 Å². The van der Waals surface area contributed by atoms with E-state index in [0.29, 0.717) is 6.54 Å². The van der Waals surface area contributed by atoms with E-state index in [1.807, 2.05) is 0 Å². The van der Waals surface area contributed by atoms with Gasteiger partial charge in [-0.05, 0) is 26.2 Å². The van der Waals surface area contributed by atoms with Crippen LogP contribution in [-0.2, 0) is 14.3 Å². The topological polar surface area (TPSA) is 46.6 Å². The summed E-state index contributed by atoms with van der Waals surface area (Å²) in [5.41, 5.74) is 0. The Morgan fingerprint density at radius 1 is 1.44 bits per heavy atom. The van der Waals surface area contributed by atoms with E-state index in [1.165, 1.54) is 6.92 Å². The van der Waals surface area contributed by atoms with Crippen LogP contribution in [0.5, 0.6) is 0 Å². The number of hydrogen-bond acceptors (Lipinski definition) is 3. The van der Waals surface area contributed by atoms with Crippen LogP contribution in [0.4, 0.5) is 0 Å². The van der Waals surface area contributed by atoms with Crippen molar-refractivity contribution in [1.82, 2.24) is 4.90 Å². The fourth-order valence-electron chi connectivity index (χ4n) is 1.91. The molecule has 1 saturated heterocycles.